The minimum absolute atomic E-state index is 0.0971. The van der Waals surface area contributed by atoms with Crippen LogP contribution in [-0.2, 0) is 30.2 Å². The number of aldehydes is 1. The zero-order valence-corrected chi connectivity index (χ0v) is 34.3. The number of pyridine rings is 3. The maximum atomic E-state index is 12.1. The highest BCUT2D eigenvalue weighted by atomic mass is 16.6. The lowest BCUT2D eigenvalue weighted by Crippen LogP contribution is -2.36. The number of carbonyl (C=O) groups is 4. The highest BCUT2D eigenvalue weighted by Crippen LogP contribution is 2.19. The fourth-order valence-corrected chi connectivity index (χ4v) is 5.76. The summed E-state index contributed by atoms with van der Waals surface area (Å²) in [5.41, 5.74) is 6.69. The van der Waals surface area contributed by atoms with Crippen molar-refractivity contribution < 1.29 is 38.1 Å². The van der Waals surface area contributed by atoms with Gasteiger partial charge in [0.25, 0.3) is 0 Å². The molecule has 0 aliphatic carbocycles. The Morgan fingerprint density at radius 1 is 0.786 bits per heavy atom. The highest BCUT2D eigenvalue weighted by molar-refractivity contribution is 5.81. The second-order valence-corrected chi connectivity index (χ2v) is 16.0. The number of carbonyl (C=O) groups excluding carboxylic acids is 4. The summed E-state index contributed by atoms with van der Waals surface area (Å²) in [5, 5.41) is 1.07. The minimum Gasteiger partial charge on any atom is -0.444 e. The van der Waals surface area contributed by atoms with Crippen LogP contribution < -0.4 is 5.73 Å². The van der Waals surface area contributed by atoms with E-state index in [-0.39, 0.29) is 36.0 Å². The van der Waals surface area contributed by atoms with E-state index >= 15 is 0 Å². The van der Waals surface area contributed by atoms with Crippen molar-refractivity contribution in [2.24, 2.45) is 0 Å². The number of fused-ring (bicyclic) bond motifs is 1. The molecule has 2 aliphatic heterocycles. The Kier molecular flexibility index (Phi) is 18.6. The number of nitrogens with two attached hydrogens (primary N) is 1. The Morgan fingerprint density at radius 3 is 1.86 bits per heavy atom. The van der Waals surface area contributed by atoms with Crippen LogP contribution in [0.4, 0.5) is 15.4 Å². The van der Waals surface area contributed by atoms with Crippen LogP contribution in [0.1, 0.15) is 109 Å². The average Bonchev–Trinajstić information content (AvgIpc) is 3.81. The number of nitrogens with zero attached hydrogens (tertiary/aromatic N) is 5. The first-order valence-corrected chi connectivity index (χ1v) is 19.6. The van der Waals surface area contributed by atoms with Crippen molar-refractivity contribution in [2.45, 2.75) is 123 Å². The Morgan fingerprint density at radius 2 is 1.34 bits per heavy atom. The Labute approximate surface area is 331 Å². The van der Waals surface area contributed by atoms with E-state index in [1.165, 1.54) is 0 Å². The number of ketones is 1. The summed E-state index contributed by atoms with van der Waals surface area (Å²) < 4.78 is 22.4. The maximum absolute atomic E-state index is 12.1. The molecule has 14 nitrogen and oxygen atoms in total. The summed E-state index contributed by atoms with van der Waals surface area (Å²) in [4.78, 5) is 60.9. The van der Waals surface area contributed by atoms with Crippen LogP contribution in [-0.4, -0.2) is 112 Å². The lowest BCUT2D eigenvalue weighted by molar-refractivity contribution is -0.117. The summed E-state index contributed by atoms with van der Waals surface area (Å²) in [7, 11) is 0. The molecule has 2 fully saturated rings. The third kappa shape index (κ3) is 17.8. The van der Waals surface area contributed by atoms with E-state index in [0.717, 1.165) is 61.7 Å². The molecular weight excluding hydrogens is 716 g/mol. The van der Waals surface area contributed by atoms with Crippen LogP contribution in [0.2, 0.25) is 0 Å². The van der Waals surface area contributed by atoms with Gasteiger partial charge < -0.3 is 39.3 Å². The summed E-state index contributed by atoms with van der Waals surface area (Å²) in [5.74, 6) is 0.509. The number of hydrogen-bond acceptors (Lipinski definition) is 12. The number of aromatic nitrogens is 3. The third-order valence-corrected chi connectivity index (χ3v) is 8.57. The molecule has 0 aromatic carbocycles. The lowest BCUT2D eigenvalue weighted by Gasteiger charge is -2.24. The minimum atomic E-state index is -0.456. The molecule has 5 heterocycles. The van der Waals surface area contributed by atoms with Crippen molar-refractivity contribution in [1.29, 1.82) is 0 Å². The Hall–Kier alpha value is -4.69. The number of likely N-dealkylation sites (tertiary alicyclic amines) is 2. The van der Waals surface area contributed by atoms with Crippen LogP contribution in [0.3, 0.4) is 0 Å². The standard InChI is InChI=1S/C21H29N3O3.C15H27NO4.C6H6N2O/c1-21(2,3)27-20(25)24-13-11-18(15-24)26-14-5-4-8-17-10-9-16-7-6-12-22-19(16)23-17;1-12(17)7-5-6-10-19-13-8-9-16(11-13)14(18)20-15(2,3)4;7-6-5(4-9)2-1-3-8-6/h6-7,9-10,12,18H,4-5,8,11,13-15H2,1-3H3;13H,5-11H2,1-4H3;1-4H,(H2,7,8)/t18-;13-;/m11./s1. The number of aryl methyl sites for hydroxylation is 1. The SMILES string of the molecule is CC(=O)CCCCO[C@@H]1CCN(C(=O)OC(C)(C)C)C1.CC(C)(C)OC(=O)N1CC[C@@H](OCCCCc2ccc3cccnc3n2)C1.Nc1ncccc1C=O. The quantitative estimate of drug-likeness (QED) is 0.136. The van der Waals surface area contributed by atoms with Gasteiger partial charge in [-0.3, -0.25) is 4.79 Å². The molecule has 308 valence electrons. The maximum Gasteiger partial charge on any atom is 0.410 e. The number of hydrogen-bond donors (Lipinski definition) is 1. The molecule has 0 radical (unpaired) electrons. The van der Waals surface area contributed by atoms with Gasteiger partial charge in [-0.15, -0.1) is 0 Å². The molecule has 2 saturated heterocycles. The molecule has 2 aliphatic rings. The molecule has 2 amide bonds. The van der Waals surface area contributed by atoms with E-state index in [4.69, 9.17) is 24.7 Å². The van der Waals surface area contributed by atoms with Crippen molar-refractivity contribution >= 4 is 41.1 Å². The molecule has 0 bridgehead atoms. The molecule has 0 spiro atoms. The topological polar surface area (TPSA) is 176 Å². The van der Waals surface area contributed by atoms with Gasteiger partial charge in [-0.05, 0) is 130 Å². The summed E-state index contributed by atoms with van der Waals surface area (Å²) >= 11 is 0. The molecule has 0 unspecified atom stereocenters. The third-order valence-electron chi connectivity index (χ3n) is 8.57. The van der Waals surface area contributed by atoms with E-state index in [1.54, 1.807) is 41.2 Å². The number of amides is 2. The van der Waals surface area contributed by atoms with Gasteiger partial charge in [-0.1, -0.05) is 0 Å². The Balaban J connectivity index is 0.000000253. The number of ether oxygens (including phenoxy) is 4. The molecule has 5 rings (SSSR count). The van der Waals surface area contributed by atoms with Gasteiger partial charge in [0.1, 0.15) is 22.8 Å². The van der Waals surface area contributed by atoms with Crippen LogP contribution in [0.25, 0.3) is 11.0 Å². The average molecular weight is 779 g/mol. The Bertz CT molecular complexity index is 1690. The first-order valence-electron chi connectivity index (χ1n) is 19.6. The molecule has 2 atom stereocenters. The van der Waals surface area contributed by atoms with Crippen molar-refractivity contribution in [3.8, 4) is 0 Å². The highest BCUT2D eigenvalue weighted by Gasteiger charge is 2.31. The van der Waals surface area contributed by atoms with Gasteiger partial charge in [0.05, 0.1) is 30.9 Å². The summed E-state index contributed by atoms with van der Waals surface area (Å²) in [6.45, 7) is 16.8. The van der Waals surface area contributed by atoms with E-state index in [2.05, 4.69) is 27.1 Å². The van der Waals surface area contributed by atoms with Gasteiger partial charge in [-0.25, -0.2) is 24.5 Å². The molecule has 3 aromatic heterocycles. The summed E-state index contributed by atoms with van der Waals surface area (Å²) in [6.07, 6.45) is 10.7. The van der Waals surface area contributed by atoms with E-state index < -0.39 is 11.2 Å². The molecule has 56 heavy (non-hydrogen) atoms. The fourth-order valence-electron chi connectivity index (χ4n) is 5.76. The van der Waals surface area contributed by atoms with Gasteiger partial charge in [0.2, 0.25) is 0 Å². The van der Waals surface area contributed by atoms with Gasteiger partial charge >= 0.3 is 12.2 Å². The van der Waals surface area contributed by atoms with Crippen LogP contribution >= 0.6 is 0 Å². The molecule has 14 heteroatoms. The van der Waals surface area contributed by atoms with Gasteiger partial charge in [0, 0.05) is 56.2 Å². The fraction of sp³-hybridized carbons (Fsp3) is 0.595. The first-order chi connectivity index (χ1) is 26.5. The van der Waals surface area contributed by atoms with Crippen LogP contribution in [0.15, 0.2) is 48.8 Å². The number of rotatable bonds is 13. The van der Waals surface area contributed by atoms with Crippen LogP contribution in [0.5, 0.6) is 0 Å². The first kappa shape index (κ1) is 45.7. The molecule has 2 N–H and O–H groups in total. The van der Waals surface area contributed by atoms with E-state index in [0.29, 0.717) is 57.7 Å². The van der Waals surface area contributed by atoms with Crippen molar-refractivity contribution in [3.05, 3.63) is 60.0 Å². The second-order valence-electron chi connectivity index (χ2n) is 16.0. The van der Waals surface area contributed by atoms with E-state index in [9.17, 15) is 19.2 Å². The predicted octanol–water partition coefficient (Wildman–Crippen LogP) is 7.23. The number of nitrogen functional groups attached to an aromatic ring is 1. The van der Waals surface area contributed by atoms with Crippen LogP contribution in [0, 0.1) is 0 Å². The number of unbranched alkanes of at least 4 members (excludes halogenated alkanes) is 2. The smallest absolute Gasteiger partial charge is 0.410 e. The van der Waals surface area contributed by atoms with Crippen molar-refractivity contribution in [3.63, 3.8) is 0 Å². The molecular formula is C42H62N6O8. The largest absolute Gasteiger partial charge is 0.444 e. The van der Waals surface area contributed by atoms with E-state index in [1.807, 2.05) is 53.7 Å². The monoisotopic (exact) mass is 778 g/mol. The predicted molar refractivity (Wildman–Crippen MR) is 215 cm³/mol. The van der Waals surface area contributed by atoms with Crippen molar-refractivity contribution in [1.82, 2.24) is 24.8 Å². The van der Waals surface area contributed by atoms with Gasteiger partial charge in [-0.2, -0.15) is 0 Å². The molecule has 3 aromatic rings. The van der Waals surface area contributed by atoms with Gasteiger partial charge in [0.15, 0.2) is 11.9 Å². The zero-order valence-electron chi connectivity index (χ0n) is 34.3. The second kappa shape index (κ2) is 22.8. The van der Waals surface area contributed by atoms with Crippen molar-refractivity contribution in [2.75, 3.05) is 45.1 Å². The molecule has 0 saturated carbocycles. The summed E-state index contributed by atoms with van der Waals surface area (Å²) in [6, 6.07) is 11.4. The normalized spacial score (nSPS) is 16.7. The zero-order chi connectivity index (χ0) is 41.1. The number of anilines is 1. The number of Topliss-reactive ketones (excluding diaryl/α,β-unsaturated/α-hetero) is 1. The lowest BCUT2D eigenvalue weighted by atomic mass is 10.1.